The van der Waals surface area contributed by atoms with Gasteiger partial charge in [0, 0.05) is 32.1 Å². The third-order valence-corrected chi connectivity index (χ3v) is 7.10. The zero-order valence-corrected chi connectivity index (χ0v) is 49.0. The molecule has 0 bridgehead atoms. The van der Waals surface area contributed by atoms with Crippen molar-refractivity contribution in [3.63, 3.8) is 0 Å². The van der Waals surface area contributed by atoms with E-state index in [9.17, 15) is 9.59 Å². The zero-order chi connectivity index (χ0) is 40.7. The van der Waals surface area contributed by atoms with Crippen LogP contribution in [0.4, 0.5) is 9.59 Å². The molecule has 0 aliphatic rings. The quantitative estimate of drug-likeness (QED) is 0.0852. The van der Waals surface area contributed by atoms with Crippen molar-refractivity contribution in [1.29, 1.82) is 0 Å². The molecule has 3 N–H and O–H groups in total. The Morgan fingerprint density at radius 3 is 1.42 bits per heavy atom. The van der Waals surface area contributed by atoms with Gasteiger partial charge in [-0.25, -0.2) is 9.59 Å². The molecular formula is C39H67ClCs2N4O9. The second kappa shape index (κ2) is 38.5. The molecule has 2 aromatic rings. The molecule has 2 aromatic carbocycles. The maximum Gasteiger partial charge on any atom is 1.00 e. The average Bonchev–Trinajstić information content (AvgIpc) is 3.10. The van der Waals surface area contributed by atoms with E-state index in [-0.39, 0.29) is 158 Å². The van der Waals surface area contributed by atoms with Crippen LogP contribution in [-0.2, 0) is 32.0 Å². The van der Waals surface area contributed by atoms with Crippen LogP contribution < -0.4 is 158 Å². The van der Waals surface area contributed by atoms with Crippen LogP contribution in [0.3, 0.4) is 0 Å². The number of phenols is 1. The van der Waals surface area contributed by atoms with Crippen molar-refractivity contribution in [2.24, 2.45) is 0 Å². The molecule has 0 aliphatic heterocycles. The first-order chi connectivity index (χ1) is 25.0. The number of phenolic OH excluding ortho intramolecular Hbond substituents is 1. The van der Waals surface area contributed by atoms with Crippen molar-refractivity contribution >= 4 is 30.3 Å². The fourth-order valence-electron chi connectivity index (χ4n) is 4.15. The van der Waals surface area contributed by atoms with Gasteiger partial charge in [0.15, 0.2) is 0 Å². The van der Waals surface area contributed by atoms with Gasteiger partial charge in [0.05, 0.1) is 0 Å². The second-order valence-corrected chi connectivity index (χ2v) is 13.8. The van der Waals surface area contributed by atoms with Crippen LogP contribution in [0.2, 0.25) is 0 Å². The number of carbonyl (C=O) groups excluding carboxylic acids is 3. The number of amides is 2. The van der Waals surface area contributed by atoms with Crippen LogP contribution >= 0.6 is 11.6 Å². The Bertz CT molecular complexity index is 1220. The van der Waals surface area contributed by atoms with Gasteiger partial charge in [-0.15, -0.1) is 11.6 Å². The van der Waals surface area contributed by atoms with Gasteiger partial charge in [-0.05, 0) is 116 Å². The van der Waals surface area contributed by atoms with Crippen molar-refractivity contribution in [2.45, 2.75) is 93.3 Å². The topological polar surface area (TPSA) is 162 Å². The summed E-state index contributed by atoms with van der Waals surface area (Å²) in [5.74, 6) is 1.88. The summed E-state index contributed by atoms with van der Waals surface area (Å²) in [4.78, 5) is 38.8. The molecule has 55 heavy (non-hydrogen) atoms. The third kappa shape index (κ3) is 40.9. The van der Waals surface area contributed by atoms with Crippen molar-refractivity contribution in [3.8, 4) is 11.5 Å². The fourth-order valence-corrected chi connectivity index (χ4v) is 4.39. The van der Waals surface area contributed by atoms with Crippen LogP contribution in [0.15, 0.2) is 48.5 Å². The maximum absolute atomic E-state index is 11.6. The van der Waals surface area contributed by atoms with Gasteiger partial charge in [0.1, 0.15) is 29.3 Å². The van der Waals surface area contributed by atoms with Gasteiger partial charge >= 0.3 is 150 Å². The monoisotopic (exact) mass is 1040 g/mol. The molecule has 0 radical (unpaired) electrons. The third-order valence-electron chi connectivity index (χ3n) is 6.93. The van der Waals surface area contributed by atoms with Crippen molar-refractivity contribution in [2.75, 3.05) is 64.8 Å². The molecule has 306 valence electrons. The summed E-state index contributed by atoms with van der Waals surface area (Å²) in [7, 11) is 0. The summed E-state index contributed by atoms with van der Waals surface area (Å²) < 4.78 is 16.1. The van der Waals surface area contributed by atoms with Crippen molar-refractivity contribution in [1.82, 2.24) is 20.4 Å². The number of ether oxygens (including phenoxy) is 3. The maximum atomic E-state index is 11.6. The number of alkyl carbamates (subject to hydrolysis) is 2. The van der Waals surface area contributed by atoms with E-state index in [0.717, 1.165) is 68.4 Å². The SMILES string of the molecule is CC(C)(C)OC(=O)NCCc1ccc(O)cc1.CCN(CC)CCCl.CCN(CC)CCOc1ccc(CCNC(=O)OC(C)(C)C)cc1.O=CO[O-].[Cs+].[Cs+].[H-]. The molecular weight excluding hydrogens is 970 g/mol. The number of nitrogens with one attached hydrogen (secondary N) is 2. The Morgan fingerprint density at radius 1 is 0.745 bits per heavy atom. The fraction of sp³-hybridized carbons (Fsp3) is 0.615. The summed E-state index contributed by atoms with van der Waals surface area (Å²) >= 11 is 5.51. The molecule has 0 fully saturated rings. The van der Waals surface area contributed by atoms with E-state index in [1.54, 1.807) is 12.1 Å². The van der Waals surface area contributed by atoms with E-state index < -0.39 is 17.3 Å². The van der Waals surface area contributed by atoms with E-state index in [2.05, 4.69) is 53.0 Å². The Kier molecular flexibility index (Phi) is 43.4. The predicted molar refractivity (Wildman–Crippen MR) is 210 cm³/mol. The summed E-state index contributed by atoms with van der Waals surface area (Å²) in [5.41, 5.74) is 1.28. The van der Waals surface area contributed by atoms with Crippen LogP contribution in [0.25, 0.3) is 0 Å². The standard InChI is InChI=1S/C19H32N2O3.C13H19NO3.C6H14ClN.CH2O3.2Cs.H/c1-6-21(7-2)14-15-23-17-10-8-16(9-11-17)12-13-20-18(22)24-19(3,4)5;1-13(2,3)17-12(16)14-9-8-10-4-6-11(15)7-5-10;1-3-8(4-2)6-5-7;2-1-4-3;;;/h8-11H,6-7,12-15H2,1-5H3,(H,20,22);4-7,15H,8-9H2,1-3H3,(H,14,16);3-6H2,1-2H3;1,3H;;;/q;;;;2*+1;-1/p-1. The smallest absolute Gasteiger partial charge is 1.00 e. The number of benzene rings is 2. The van der Waals surface area contributed by atoms with Gasteiger partial charge < -0.3 is 51.3 Å². The molecule has 13 nitrogen and oxygen atoms in total. The molecule has 0 saturated heterocycles. The van der Waals surface area contributed by atoms with Crippen molar-refractivity contribution in [3.05, 3.63) is 59.7 Å². The Morgan fingerprint density at radius 2 is 1.11 bits per heavy atom. The summed E-state index contributed by atoms with van der Waals surface area (Å²) in [6, 6.07) is 14.9. The van der Waals surface area contributed by atoms with Crippen LogP contribution in [-0.4, -0.2) is 110 Å². The first-order valence-corrected chi connectivity index (χ1v) is 18.7. The Balaban J connectivity index is -0.000000236. The first-order valence-electron chi connectivity index (χ1n) is 18.1. The molecule has 0 unspecified atom stereocenters. The zero-order valence-electron chi connectivity index (χ0n) is 36.7. The number of halogens is 1. The van der Waals surface area contributed by atoms with E-state index in [1.807, 2.05) is 77.9 Å². The first kappa shape index (κ1) is 62.0. The minimum absolute atomic E-state index is 0. The molecule has 0 heterocycles. The van der Waals surface area contributed by atoms with Gasteiger partial charge in [0.2, 0.25) is 0 Å². The number of likely N-dealkylation sites (N-methyl/N-ethyl adjacent to an activating group) is 1. The van der Waals surface area contributed by atoms with Crippen LogP contribution in [0, 0.1) is 0 Å². The van der Waals surface area contributed by atoms with Crippen LogP contribution in [0.5, 0.6) is 11.5 Å². The minimum atomic E-state index is -0.470. The Hall–Kier alpha value is 0.324. The number of aromatic hydroxyl groups is 1. The second-order valence-electron chi connectivity index (χ2n) is 13.5. The van der Waals surface area contributed by atoms with Gasteiger partial charge in [-0.1, -0.05) is 52.0 Å². The molecule has 0 aromatic heterocycles. The molecule has 2 amide bonds. The van der Waals surface area contributed by atoms with E-state index >= 15 is 0 Å². The van der Waals surface area contributed by atoms with Gasteiger partial charge in [-0.3, -0.25) is 4.79 Å². The summed E-state index contributed by atoms with van der Waals surface area (Å²) in [6.07, 6.45) is 0.688. The van der Waals surface area contributed by atoms with E-state index in [0.29, 0.717) is 26.1 Å². The minimum Gasteiger partial charge on any atom is -1.00 e. The average molecular weight is 1040 g/mol. The molecule has 16 heteroatoms. The van der Waals surface area contributed by atoms with E-state index in [4.69, 9.17) is 41.0 Å². The predicted octanol–water partition coefficient (Wildman–Crippen LogP) is 0.0560. The number of alkyl halides is 1. The largest absolute Gasteiger partial charge is 1.00 e. The van der Waals surface area contributed by atoms with Gasteiger partial charge in [0.25, 0.3) is 6.47 Å². The summed E-state index contributed by atoms with van der Waals surface area (Å²) in [5, 5.41) is 23.0. The number of hydrogen-bond donors (Lipinski definition) is 3. The number of carbonyl (C=O) groups is 3. The molecule has 0 atom stereocenters. The Labute approximate surface area is 455 Å². The number of nitrogens with zero attached hydrogens (tertiary/aromatic N) is 2. The van der Waals surface area contributed by atoms with E-state index in [1.165, 1.54) is 0 Å². The normalized spacial score (nSPS) is 10.3. The summed E-state index contributed by atoms with van der Waals surface area (Å²) in [6.45, 7) is 27.5. The molecule has 0 aliphatic carbocycles. The van der Waals surface area contributed by atoms with Crippen molar-refractivity contribution < 1.29 is 183 Å². The molecule has 0 saturated carbocycles. The van der Waals surface area contributed by atoms with Gasteiger partial charge in [-0.2, -0.15) is 0 Å². The number of hydrogen-bond acceptors (Lipinski definition) is 11. The molecule has 2 rings (SSSR count). The number of rotatable bonds is 17. The molecule has 0 spiro atoms. The van der Waals surface area contributed by atoms with Crippen LogP contribution in [0.1, 0.15) is 81.8 Å².